The first-order valence-electron chi connectivity index (χ1n) is 10.6. The Balaban J connectivity index is 1.31. The van der Waals surface area contributed by atoms with Gasteiger partial charge in [0.05, 0.1) is 5.69 Å². The first-order valence-corrected chi connectivity index (χ1v) is 10.6. The average Bonchev–Trinajstić information content (AvgIpc) is 3.35. The number of benzene rings is 1. The smallest absolute Gasteiger partial charge is 0.341 e. The number of fused-ring (bicyclic) bond motifs is 2. The van der Waals surface area contributed by atoms with Crippen LogP contribution in [0, 0.1) is 6.92 Å². The second-order valence-electron chi connectivity index (χ2n) is 8.28. The van der Waals surface area contributed by atoms with Gasteiger partial charge in [0.25, 0.3) is 0 Å². The second kappa shape index (κ2) is 7.65. The molecule has 1 amide bonds. The number of piperidine rings is 1. The fourth-order valence-electron chi connectivity index (χ4n) is 4.47. The van der Waals surface area contributed by atoms with Gasteiger partial charge in [0.15, 0.2) is 5.65 Å². The third-order valence-electron chi connectivity index (χ3n) is 6.11. The zero-order chi connectivity index (χ0) is 22.5. The highest BCUT2D eigenvalue weighted by molar-refractivity contribution is 5.83. The Morgan fingerprint density at radius 1 is 1.12 bits per heavy atom. The summed E-state index contributed by atoms with van der Waals surface area (Å²) < 4.78 is 43.6. The number of alkyl halides is 3. The minimum Gasteiger partial charge on any atom is -0.341 e. The molecule has 0 saturated carbocycles. The first-order chi connectivity index (χ1) is 15.3. The summed E-state index contributed by atoms with van der Waals surface area (Å²) >= 11 is 0. The number of amides is 1. The molecule has 0 bridgehead atoms. The van der Waals surface area contributed by atoms with Crippen molar-refractivity contribution in [3.05, 3.63) is 65.7 Å². The van der Waals surface area contributed by atoms with Crippen molar-refractivity contribution >= 4 is 22.5 Å². The van der Waals surface area contributed by atoms with E-state index >= 15 is 0 Å². The van der Waals surface area contributed by atoms with Crippen LogP contribution in [0.2, 0.25) is 0 Å². The minimum atomic E-state index is -4.52. The molecule has 0 spiro atoms. The molecule has 166 valence electrons. The van der Waals surface area contributed by atoms with Crippen molar-refractivity contribution < 1.29 is 18.0 Å². The van der Waals surface area contributed by atoms with Crippen LogP contribution in [0.15, 0.2) is 48.7 Å². The molecule has 4 heterocycles. The van der Waals surface area contributed by atoms with E-state index in [4.69, 9.17) is 0 Å². The van der Waals surface area contributed by atoms with Crippen molar-refractivity contribution in [1.29, 1.82) is 0 Å². The van der Waals surface area contributed by atoms with Crippen LogP contribution in [-0.4, -0.2) is 43.1 Å². The van der Waals surface area contributed by atoms with E-state index in [1.807, 2.05) is 41.1 Å². The molecule has 6 nitrogen and oxygen atoms in total. The largest absolute Gasteiger partial charge is 0.433 e. The van der Waals surface area contributed by atoms with Gasteiger partial charge in [-0.05, 0) is 43.4 Å². The Hall–Kier alpha value is -3.36. The second-order valence-corrected chi connectivity index (χ2v) is 8.28. The Bertz CT molecular complexity index is 1300. The third-order valence-corrected chi connectivity index (χ3v) is 6.11. The van der Waals surface area contributed by atoms with Gasteiger partial charge in [-0.15, -0.1) is 0 Å². The summed E-state index contributed by atoms with van der Waals surface area (Å²) in [6.45, 7) is 2.88. The SMILES string of the molecule is Cc1cc2nc(C3CCN(C(=O)Cn4ccc5ccccc54)CC3)cc(C(F)(F)F)n2n1. The third kappa shape index (κ3) is 3.72. The molecule has 9 heteroatoms. The van der Waals surface area contributed by atoms with Crippen LogP contribution in [0.3, 0.4) is 0 Å². The quantitative estimate of drug-likeness (QED) is 0.473. The average molecular weight is 441 g/mol. The monoisotopic (exact) mass is 441 g/mol. The molecule has 1 aliphatic rings. The zero-order valence-electron chi connectivity index (χ0n) is 17.5. The van der Waals surface area contributed by atoms with Crippen molar-refractivity contribution in [2.75, 3.05) is 13.1 Å². The van der Waals surface area contributed by atoms with Gasteiger partial charge in [-0.25, -0.2) is 9.50 Å². The van der Waals surface area contributed by atoms with Gasteiger partial charge in [-0.2, -0.15) is 18.3 Å². The zero-order valence-corrected chi connectivity index (χ0v) is 17.5. The number of halogens is 3. The van der Waals surface area contributed by atoms with E-state index in [0.717, 1.165) is 21.5 Å². The Kier molecular flexibility index (Phi) is 4.91. The Morgan fingerprint density at radius 3 is 2.62 bits per heavy atom. The lowest BCUT2D eigenvalue weighted by Crippen LogP contribution is -2.39. The van der Waals surface area contributed by atoms with E-state index in [-0.39, 0.29) is 24.0 Å². The number of para-hydroxylation sites is 1. The predicted octanol–water partition coefficient (Wildman–Crippen LogP) is 4.42. The van der Waals surface area contributed by atoms with Crippen molar-refractivity contribution in [2.24, 2.45) is 0 Å². The first kappa shape index (κ1) is 20.5. The summed E-state index contributed by atoms with van der Waals surface area (Å²) in [6.07, 6.45) is -1.47. The molecule has 1 aromatic carbocycles. The molecule has 0 N–H and O–H groups in total. The molecule has 5 rings (SSSR count). The van der Waals surface area contributed by atoms with Gasteiger partial charge in [-0.1, -0.05) is 18.2 Å². The van der Waals surface area contributed by atoms with Crippen LogP contribution in [0.1, 0.15) is 35.8 Å². The lowest BCUT2D eigenvalue weighted by atomic mass is 9.92. The maximum Gasteiger partial charge on any atom is 0.433 e. The summed E-state index contributed by atoms with van der Waals surface area (Å²) in [5.74, 6) is -0.122. The Labute approximate surface area is 182 Å². The van der Waals surface area contributed by atoms with Crippen molar-refractivity contribution in [3.63, 3.8) is 0 Å². The van der Waals surface area contributed by atoms with Gasteiger partial charge in [-0.3, -0.25) is 4.79 Å². The molecule has 0 aliphatic carbocycles. The van der Waals surface area contributed by atoms with Crippen LogP contribution in [0.5, 0.6) is 0 Å². The van der Waals surface area contributed by atoms with Gasteiger partial charge < -0.3 is 9.47 Å². The minimum absolute atomic E-state index is 0.00982. The normalized spacial score (nSPS) is 15.7. The standard InChI is InChI=1S/C23H22F3N5O/c1-15-12-21-27-18(13-20(23(24,25)26)31(21)28-15)16-6-9-29(10-7-16)22(32)14-30-11-8-17-4-2-3-5-19(17)30/h2-5,8,11-13,16H,6-7,9-10,14H2,1H3. The van der Waals surface area contributed by atoms with E-state index in [1.54, 1.807) is 17.9 Å². The molecule has 32 heavy (non-hydrogen) atoms. The molecule has 0 radical (unpaired) electrons. The van der Waals surface area contributed by atoms with Crippen molar-refractivity contribution in [1.82, 2.24) is 24.1 Å². The summed E-state index contributed by atoms with van der Waals surface area (Å²) in [7, 11) is 0. The van der Waals surface area contributed by atoms with Gasteiger partial charge >= 0.3 is 6.18 Å². The molecular weight excluding hydrogens is 419 g/mol. The molecule has 1 saturated heterocycles. The van der Waals surface area contributed by atoms with E-state index < -0.39 is 11.9 Å². The number of likely N-dealkylation sites (tertiary alicyclic amines) is 1. The number of hydrogen-bond acceptors (Lipinski definition) is 3. The number of carbonyl (C=O) groups is 1. The lowest BCUT2D eigenvalue weighted by Gasteiger charge is -2.32. The number of rotatable bonds is 3. The van der Waals surface area contributed by atoms with Crippen molar-refractivity contribution in [2.45, 2.75) is 38.4 Å². The van der Waals surface area contributed by atoms with E-state index in [9.17, 15) is 18.0 Å². The molecular formula is C23H22F3N5O. The van der Waals surface area contributed by atoms with Crippen LogP contribution < -0.4 is 0 Å². The van der Waals surface area contributed by atoms with E-state index in [2.05, 4.69) is 10.1 Å². The summed E-state index contributed by atoms with van der Waals surface area (Å²) in [6, 6.07) is 12.5. The summed E-state index contributed by atoms with van der Waals surface area (Å²) in [5, 5.41) is 5.02. The molecule has 1 fully saturated rings. The fraction of sp³-hybridized carbons (Fsp3) is 0.348. The number of carbonyl (C=O) groups excluding carboxylic acids is 1. The van der Waals surface area contributed by atoms with E-state index in [0.29, 0.717) is 37.3 Å². The topological polar surface area (TPSA) is 55.4 Å². The molecule has 0 atom stereocenters. The summed E-state index contributed by atoms with van der Waals surface area (Å²) in [5.41, 5.74) is 1.28. The van der Waals surface area contributed by atoms with Crippen LogP contribution in [-0.2, 0) is 17.5 Å². The fourth-order valence-corrected chi connectivity index (χ4v) is 4.47. The number of aromatic nitrogens is 4. The maximum atomic E-state index is 13.6. The lowest BCUT2D eigenvalue weighted by molar-refractivity contribution is -0.142. The molecule has 0 unspecified atom stereocenters. The van der Waals surface area contributed by atoms with Crippen LogP contribution in [0.25, 0.3) is 16.6 Å². The van der Waals surface area contributed by atoms with E-state index in [1.165, 1.54) is 0 Å². The van der Waals surface area contributed by atoms with Crippen LogP contribution in [0.4, 0.5) is 13.2 Å². The number of nitrogens with zero attached hydrogens (tertiary/aromatic N) is 5. The Morgan fingerprint density at radius 2 is 1.88 bits per heavy atom. The molecule has 1 aliphatic heterocycles. The molecule has 3 aromatic heterocycles. The van der Waals surface area contributed by atoms with Crippen LogP contribution >= 0.6 is 0 Å². The van der Waals surface area contributed by atoms with Crippen molar-refractivity contribution in [3.8, 4) is 0 Å². The summed E-state index contributed by atoms with van der Waals surface area (Å²) in [4.78, 5) is 19.1. The molecule has 4 aromatic rings. The highest BCUT2D eigenvalue weighted by atomic mass is 19.4. The van der Waals surface area contributed by atoms with Gasteiger partial charge in [0, 0.05) is 42.5 Å². The number of aryl methyl sites for hydroxylation is 1. The van der Waals surface area contributed by atoms with Gasteiger partial charge in [0.2, 0.25) is 5.91 Å². The van der Waals surface area contributed by atoms with Gasteiger partial charge in [0.1, 0.15) is 12.2 Å². The predicted molar refractivity (Wildman–Crippen MR) is 113 cm³/mol. The number of hydrogen-bond donors (Lipinski definition) is 0. The maximum absolute atomic E-state index is 13.6. The highest BCUT2D eigenvalue weighted by Crippen LogP contribution is 2.34. The highest BCUT2D eigenvalue weighted by Gasteiger charge is 2.36.